The molecule has 4 aromatic carbocycles. The number of ether oxygens (including phenoxy) is 3. The number of hydrogen-bond donors (Lipinski definition) is 0. The molecule has 382 valence electrons. The van der Waals surface area contributed by atoms with E-state index < -0.39 is 64.6 Å². The van der Waals surface area contributed by atoms with Crippen molar-refractivity contribution in [2.45, 2.75) is 115 Å². The van der Waals surface area contributed by atoms with Gasteiger partial charge in [0.15, 0.2) is 11.4 Å². The van der Waals surface area contributed by atoms with Crippen LogP contribution in [0.15, 0.2) is 137 Å². The Hall–Kier alpha value is -7.52. The molecule has 0 radical (unpaired) electrons. The van der Waals surface area contributed by atoms with Gasteiger partial charge in [0.05, 0.1) is 42.4 Å². The second-order valence-corrected chi connectivity index (χ2v) is 20.6. The van der Waals surface area contributed by atoms with Crippen LogP contribution in [0.2, 0.25) is 0 Å². The molecular formula is C59H62N6O9. The zero-order chi connectivity index (χ0) is 51.6. The Bertz CT molecular complexity index is 3110. The highest BCUT2D eigenvalue weighted by Gasteiger charge is 2.44. The van der Waals surface area contributed by atoms with E-state index in [1.54, 1.807) is 19.2 Å². The van der Waals surface area contributed by atoms with E-state index in [-0.39, 0.29) is 66.4 Å². The first-order valence-corrected chi connectivity index (χ1v) is 26.0. The smallest absolute Gasteiger partial charge is 0.314 e. The molecule has 0 N–H and O–H groups in total. The largest absolute Gasteiger partial charge is 0.420 e. The molecule has 0 bridgehead atoms. The van der Waals surface area contributed by atoms with Crippen molar-refractivity contribution in [2.24, 2.45) is 11.8 Å². The highest BCUT2D eigenvalue weighted by molar-refractivity contribution is 5.97. The highest BCUT2D eigenvalue weighted by Crippen LogP contribution is 2.44. The highest BCUT2D eigenvalue weighted by atomic mass is 16.5. The van der Waals surface area contributed by atoms with Gasteiger partial charge in [0.25, 0.3) is 11.8 Å². The maximum Gasteiger partial charge on any atom is 0.314 e. The summed E-state index contributed by atoms with van der Waals surface area (Å²) in [6, 6.07) is 36.2. The molecule has 1 aliphatic carbocycles. The van der Waals surface area contributed by atoms with Gasteiger partial charge < -0.3 is 24.0 Å². The lowest BCUT2D eigenvalue weighted by molar-refractivity contribution is -0.144. The minimum Gasteiger partial charge on any atom is -0.420 e. The molecule has 6 aromatic rings. The molecule has 1 saturated heterocycles. The number of rotatable bonds is 13. The van der Waals surface area contributed by atoms with Crippen molar-refractivity contribution in [2.75, 3.05) is 19.7 Å². The van der Waals surface area contributed by atoms with Crippen LogP contribution in [0.25, 0.3) is 0 Å². The van der Waals surface area contributed by atoms with E-state index in [2.05, 4.69) is 10.2 Å². The number of amides is 2. The molecule has 15 heteroatoms. The summed E-state index contributed by atoms with van der Waals surface area (Å²) in [5.74, 6) is -4.44. The molecule has 2 fully saturated rings. The van der Waals surface area contributed by atoms with E-state index >= 15 is 0 Å². The van der Waals surface area contributed by atoms with Gasteiger partial charge in [-0.2, -0.15) is 10.2 Å². The van der Waals surface area contributed by atoms with Gasteiger partial charge in [0.2, 0.25) is 22.4 Å². The van der Waals surface area contributed by atoms with Crippen molar-refractivity contribution in [3.05, 3.63) is 187 Å². The van der Waals surface area contributed by atoms with Gasteiger partial charge in [-0.05, 0) is 81.2 Å². The van der Waals surface area contributed by atoms with Gasteiger partial charge in [0, 0.05) is 43.6 Å². The topological polar surface area (TPSA) is 172 Å². The third kappa shape index (κ3) is 9.84. The van der Waals surface area contributed by atoms with Crippen LogP contribution < -0.4 is 20.3 Å². The average Bonchev–Trinajstić information content (AvgIpc) is 3.42. The normalized spacial score (nSPS) is 20.6. The molecule has 5 unspecified atom stereocenters. The Kier molecular flexibility index (Phi) is 14.5. The summed E-state index contributed by atoms with van der Waals surface area (Å²) in [6.07, 6.45) is 6.40. The van der Waals surface area contributed by atoms with Crippen LogP contribution in [-0.4, -0.2) is 84.9 Å². The number of benzene rings is 4. The van der Waals surface area contributed by atoms with Gasteiger partial charge in [-0.3, -0.25) is 38.1 Å². The maximum absolute atomic E-state index is 14.5. The minimum absolute atomic E-state index is 0.0582. The number of esters is 2. The Morgan fingerprint density at radius 1 is 0.554 bits per heavy atom. The van der Waals surface area contributed by atoms with Gasteiger partial charge in [-0.15, -0.1) is 0 Å². The fraction of sp³-hybridized carbons (Fsp3) is 0.390. The SMILES string of the molecule is CC(C)N1CC(C(c2ccccc2)c2cccc(C3CC(C(=O)Oc4c5n(ncc4=O)C(C(c4ccccc4)c4ccccc4)CN(C(C)C)C5=O)CCO3)c2)n2ncc(=O)c(OC(=O)C3CCCCC3)c2C1=O. The van der Waals surface area contributed by atoms with Crippen LogP contribution in [0.5, 0.6) is 11.5 Å². The summed E-state index contributed by atoms with van der Waals surface area (Å²) < 4.78 is 21.6. The molecule has 2 amide bonds. The van der Waals surface area contributed by atoms with E-state index in [9.17, 15) is 28.8 Å². The van der Waals surface area contributed by atoms with Crippen LogP contribution in [0.1, 0.15) is 151 Å². The van der Waals surface area contributed by atoms with E-state index in [4.69, 9.17) is 14.2 Å². The van der Waals surface area contributed by atoms with E-state index in [1.165, 1.54) is 0 Å². The molecule has 2 aromatic heterocycles. The number of nitrogens with zero attached hydrogens (tertiary/aromatic N) is 6. The van der Waals surface area contributed by atoms with Crippen LogP contribution in [0.4, 0.5) is 0 Å². The van der Waals surface area contributed by atoms with E-state index in [0.717, 1.165) is 59.5 Å². The first-order valence-electron chi connectivity index (χ1n) is 26.0. The molecule has 10 rings (SSSR count). The lowest BCUT2D eigenvalue weighted by Crippen LogP contribution is -2.50. The van der Waals surface area contributed by atoms with Crippen molar-refractivity contribution in [3.8, 4) is 11.5 Å². The second-order valence-electron chi connectivity index (χ2n) is 20.6. The molecule has 0 spiro atoms. The molecule has 15 nitrogen and oxygen atoms in total. The Morgan fingerprint density at radius 2 is 1.00 bits per heavy atom. The molecule has 5 atom stereocenters. The van der Waals surface area contributed by atoms with Gasteiger partial charge in [-0.25, -0.2) is 0 Å². The van der Waals surface area contributed by atoms with Crippen LogP contribution in [0.3, 0.4) is 0 Å². The summed E-state index contributed by atoms with van der Waals surface area (Å²) >= 11 is 0. The predicted octanol–water partition coefficient (Wildman–Crippen LogP) is 8.83. The zero-order valence-corrected chi connectivity index (χ0v) is 42.2. The quantitative estimate of drug-likeness (QED) is 0.101. The van der Waals surface area contributed by atoms with E-state index in [1.807, 2.05) is 143 Å². The number of aromatic nitrogens is 4. The molecule has 74 heavy (non-hydrogen) atoms. The van der Waals surface area contributed by atoms with Crippen LogP contribution >= 0.6 is 0 Å². The van der Waals surface area contributed by atoms with Crippen LogP contribution in [-0.2, 0) is 14.3 Å². The Labute approximate surface area is 430 Å². The van der Waals surface area contributed by atoms with Gasteiger partial charge in [0.1, 0.15) is 0 Å². The fourth-order valence-electron chi connectivity index (χ4n) is 11.5. The third-order valence-corrected chi connectivity index (χ3v) is 15.4. The molecular weight excluding hydrogens is 937 g/mol. The monoisotopic (exact) mass is 998 g/mol. The summed E-state index contributed by atoms with van der Waals surface area (Å²) in [6.45, 7) is 8.44. The summed E-state index contributed by atoms with van der Waals surface area (Å²) in [4.78, 5) is 87.9. The summed E-state index contributed by atoms with van der Waals surface area (Å²) in [7, 11) is 0. The lowest BCUT2D eigenvalue weighted by Gasteiger charge is -2.41. The zero-order valence-electron chi connectivity index (χ0n) is 42.2. The fourth-order valence-corrected chi connectivity index (χ4v) is 11.5. The minimum atomic E-state index is -0.695. The standard InChI is InChI=1S/C59H62N6O9/c1-36(2)62-34-45(50(38-18-9-5-10-19-38)39-20-11-6-12-21-39)64-53(57(62)69)55(48(67)33-60-64)74-59(71)44-28-29-72-49(31-44)42-26-17-27-43(30-42)51(40-22-13-7-14-23-40)46-35-63(37(3)4)56(68)52-54(47(66)32-61-65(46)52)73-58(70)41-24-15-8-16-25-41/h5-7,9-14,17-23,26-27,30,32-33,36-37,41,44-46,49-51H,8,15-16,24-25,28-29,31,34-35H2,1-4H3. The predicted molar refractivity (Wildman–Crippen MR) is 276 cm³/mol. The maximum atomic E-state index is 14.5. The Balaban J connectivity index is 0.964. The molecule has 3 aliphatic heterocycles. The van der Waals surface area contributed by atoms with Crippen molar-refractivity contribution < 1.29 is 33.4 Å². The number of carbonyl (C=O) groups excluding carboxylic acids is 4. The van der Waals surface area contributed by atoms with Crippen LogP contribution in [0, 0.1) is 11.8 Å². The van der Waals surface area contributed by atoms with Crippen molar-refractivity contribution in [1.29, 1.82) is 0 Å². The average molecular weight is 999 g/mol. The first-order chi connectivity index (χ1) is 35.9. The van der Waals surface area contributed by atoms with Gasteiger partial charge in [-0.1, -0.05) is 135 Å². The van der Waals surface area contributed by atoms with Crippen molar-refractivity contribution >= 4 is 23.8 Å². The Morgan fingerprint density at radius 3 is 1.47 bits per heavy atom. The number of carbonyl (C=O) groups is 4. The van der Waals surface area contributed by atoms with E-state index in [0.29, 0.717) is 25.8 Å². The third-order valence-electron chi connectivity index (χ3n) is 15.4. The molecule has 5 heterocycles. The lowest BCUT2D eigenvalue weighted by atomic mass is 9.82. The number of hydrogen-bond acceptors (Lipinski definition) is 11. The summed E-state index contributed by atoms with van der Waals surface area (Å²) in [5, 5.41) is 9.18. The van der Waals surface area contributed by atoms with Crippen molar-refractivity contribution in [3.63, 3.8) is 0 Å². The first kappa shape index (κ1) is 50.0. The number of fused-ring (bicyclic) bond motifs is 2. The summed E-state index contributed by atoms with van der Waals surface area (Å²) in [5.41, 5.74) is 3.16. The second kappa shape index (κ2) is 21.5. The van der Waals surface area contributed by atoms with Crippen molar-refractivity contribution in [1.82, 2.24) is 29.4 Å². The molecule has 1 saturated carbocycles. The molecule has 4 aliphatic rings. The van der Waals surface area contributed by atoms with Gasteiger partial charge >= 0.3 is 11.9 Å².